The molecular weight excluding hydrogens is 734 g/mol. The number of phosphoric acid groups is 1. The molecule has 0 amide bonds. The first-order chi connectivity index (χ1) is 27.6. The molecule has 0 N–H and O–H groups in total. The second-order valence-corrected chi connectivity index (χ2v) is 19.2. The summed E-state index contributed by atoms with van der Waals surface area (Å²) in [6.45, 7) is 5.44. The molecule has 0 aliphatic carbocycles. The topological polar surface area (TPSA) is 94.1 Å². The average molecular weight is 830 g/mol. The Morgan fingerprint density at radius 3 is 1.33 bits per heavy atom. The van der Waals surface area contributed by atoms with Crippen LogP contribution in [0.5, 0.6) is 0 Å². The molecule has 8 nitrogen and oxygen atoms in total. The van der Waals surface area contributed by atoms with Crippen molar-refractivity contribution in [3.8, 4) is 0 Å². The Morgan fingerprint density at radius 2 is 0.912 bits per heavy atom. The van der Waals surface area contributed by atoms with Crippen LogP contribution in [-0.2, 0) is 27.9 Å². The molecule has 1 unspecified atom stereocenters. The van der Waals surface area contributed by atoms with E-state index in [0.29, 0.717) is 24.1 Å². The van der Waals surface area contributed by atoms with Crippen molar-refractivity contribution >= 4 is 13.8 Å². The van der Waals surface area contributed by atoms with Gasteiger partial charge in [0.05, 0.1) is 34.4 Å². The van der Waals surface area contributed by atoms with Crippen LogP contribution in [0.2, 0.25) is 0 Å². The molecule has 0 saturated heterocycles. The number of ether oxygens (including phenoxy) is 2. The van der Waals surface area contributed by atoms with Crippen LogP contribution >= 0.6 is 7.82 Å². The molecule has 0 aromatic heterocycles. The number of quaternary nitrogens is 1. The van der Waals surface area contributed by atoms with Crippen LogP contribution in [-0.4, -0.2) is 70.7 Å². The average Bonchev–Trinajstić information content (AvgIpc) is 3.16. The van der Waals surface area contributed by atoms with Crippen molar-refractivity contribution < 1.29 is 37.3 Å². The first kappa shape index (κ1) is 56.2. The smallest absolute Gasteiger partial charge is 0.306 e. The van der Waals surface area contributed by atoms with E-state index in [-0.39, 0.29) is 25.8 Å². The molecule has 0 fully saturated rings. The number of carbonyl (C=O) groups excluding carboxylic acids is 1. The number of likely N-dealkylation sites (N-methyl/N-ethyl adjacent to an activating group) is 1. The fraction of sp³-hybridized carbons (Fsp3) is 0.938. The van der Waals surface area contributed by atoms with Gasteiger partial charge in [0.15, 0.2) is 0 Å². The van der Waals surface area contributed by atoms with Gasteiger partial charge < -0.3 is 27.9 Å². The molecule has 0 radical (unpaired) electrons. The maximum atomic E-state index is 12.7. The van der Waals surface area contributed by atoms with Crippen LogP contribution in [0.25, 0.3) is 0 Å². The van der Waals surface area contributed by atoms with E-state index < -0.39 is 13.9 Å². The highest BCUT2D eigenvalue weighted by molar-refractivity contribution is 7.45. The summed E-state index contributed by atoms with van der Waals surface area (Å²) in [5.41, 5.74) is 0. The number of unbranched alkanes of at least 4 members (excludes halogenated alkanes) is 30. The fourth-order valence-corrected chi connectivity index (χ4v) is 7.74. The van der Waals surface area contributed by atoms with Crippen molar-refractivity contribution in [2.45, 2.75) is 238 Å². The van der Waals surface area contributed by atoms with Gasteiger partial charge in [-0.1, -0.05) is 199 Å². The summed E-state index contributed by atoms with van der Waals surface area (Å²) in [5.74, 6) is -0.330. The van der Waals surface area contributed by atoms with E-state index in [0.717, 1.165) is 32.1 Å². The highest BCUT2D eigenvalue weighted by Gasteiger charge is 2.20. The standard InChI is InChI=1S/C48H96NO7P/c1-6-8-10-12-14-16-18-20-22-24-25-26-27-29-31-33-35-37-39-41-48(50)56-47(46-55-57(51,52)54-44-42-49(3,4)5)45-53-43-40-38-36-34-32-30-28-23-21-19-17-15-13-11-9-7-2/h21,23,47H,6-20,22,24-46H2,1-5H3/b23-21-/t47-/m1/s1. The van der Waals surface area contributed by atoms with Crippen LogP contribution in [0.4, 0.5) is 0 Å². The molecule has 0 aliphatic heterocycles. The summed E-state index contributed by atoms with van der Waals surface area (Å²) in [5, 5.41) is 0. The third kappa shape index (κ3) is 46.2. The second-order valence-electron chi connectivity index (χ2n) is 17.8. The second kappa shape index (κ2) is 42.0. The molecule has 9 heteroatoms. The van der Waals surface area contributed by atoms with E-state index in [1.807, 2.05) is 21.1 Å². The quantitative estimate of drug-likeness (QED) is 0.0198. The Bertz CT molecular complexity index is 925. The van der Waals surface area contributed by atoms with Crippen LogP contribution in [0.1, 0.15) is 232 Å². The van der Waals surface area contributed by atoms with Gasteiger partial charge in [-0.25, -0.2) is 0 Å². The molecule has 0 aliphatic rings. The van der Waals surface area contributed by atoms with Crippen molar-refractivity contribution in [3.05, 3.63) is 12.2 Å². The van der Waals surface area contributed by atoms with Crippen molar-refractivity contribution in [2.24, 2.45) is 0 Å². The monoisotopic (exact) mass is 830 g/mol. The minimum atomic E-state index is -4.52. The number of hydrogen-bond acceptors (Lipinski definition) is 7. The van der Waals surface area contributed by atoms with Crippen molar-refractivity contribution in [2.75, 3.05) is 54.1 Å². The van der Waals surface area contributed by atoms with Gasteiger partial charge in [-0.2, -0.15) is 0 Å². The Labute approximate surface area is 354 Å². The molecule has 0 aromatic carbocycles. The predicted octanol–water partition coefficient (Wildman–Crippen LogP) is 14.0. The van der Waals surface area contributed by atoms with E-state index in [1.165, 1.54) is 180 Å². The lowest BCUT2D eigenvalue weighted by atomic mass is 10.0. The number of rotatable bonds is 46. The van der Waals surface area contributed by atoms with Gasteiger partial charge in [0.25, 0.3) is 7.82 Å². The minimum absolute atomic E-state index is 0.0284. The summed E-state index contributed by atoms with van der Waals surface area (Å²) in [7, 11) is 1.37. The molecule has 2 atom stereocenters. The third-order valence-electron chi connectivity index (χ3n) is 10.8. The Hall–Kier alpha value is -0.760. The van der Waals surface area contributed by atoms with Gasteiger partial charge in [0.2, 0.25) is 0 Å². The van der Waals surface area contributed by atoms with E-state index in [2.05, 4.69) is 26.0 Å². The first-order valence-corrected chi connectivity index (χ1v) is 25.9. The van der Waals surface area contributed by atoms with Crippen molar-refractivity contribution in [1.82, 2.24) is 0 Å². The normalized spacial score (nSPS) is 13.7. The van der Waals surface area contributed by atoms with E-state index in [9.17, 15) is 14.3 Å². The van der Waals surface area contributed by atoms with Gasteiger partial charge in [-0.3, -0.25) is 9.36 Å². The van der Waals surface area contributed by atoms with Crippen LogP contribution in [0, 0.1) is 0 Å². The Morgan fingerprint density at radius 1 is 0.526 bits per heavy atom. The highest BCUT2D eigenvalue weighted by atomic mass is 31.2. The number of esters is 1. The summed E-state index contributed by atoms with van der Waals surface area (Å²) in [4.78, 5) is 25.1. The maximum absolute atomic E-state index is 12.7. The summed E-state index contributed by atoms with van der Waals surface area (Å²) >= 11 is 0. The van der Waals surface area contributed by atoms with Crippen molar-refractivity contribution in [1.29, 1.82) is 0 Å². The number of hydrogen-bond donors (Lipinski definition) is 0. The number of nitrogens with zero attached hydrogens (tertiary/aromatic N) is 1. The van der Waals surface area contributed by atoms with E-state index >= 15 is 0 Å². The first-order valence-electron chi connectivity index (χ1n) is 24.4. The number of phosphoric ester groups is 1. The van der Waals surface area contributed by atoms with E-state index in [4.69, 9.17) is 18.5 Å². The zero-order valence-electron chi connectivity index (χ0n) is 38.6. The Kier molecular flexibility index (Phi) is 41.4. The van der Waals surface area contributed by atoms with E-state index in [1.54, 1.807) is 0 Å². The predicted molar refractivity (Wildman–Crippen MR) is 241 cm³/mol. The van der Waals surface area contributed by atoms with Gasteiger partial charge in [0.1, 0.15) is 19.3 Å². The molecule has 340 valence electrons. The zero-order chi connectivity index (χ0) is 42.0. The molecule has 57 heavy (non-hydrogen) atoms. The SMILES string of the molecule is CCCCCCCC/C=C\CCCCCCCCOC[C@H](COP(=O)([O-])OCC[N+](C)(C)C)OC(=O)CCCCCCCCCCCCCCCCCCCCC. The molecular formula is C48H96NO7P. The summed E-state index contributed by atoms with van der Waals surface area (Å²) in [6.07, 6.45) is 46.5. The zero-order valence-corrected chi connectivity index (χ0v) is 39.5. The van der Waals surface area contributed by atoms with Crippen molar-refractivity contribution in [3.63, 3.8) is 0 Å². The number of allylic oxidation sites excluding steroid dienone is 2. The number of carbonyl (C=O) groups is 1. The lowest BCUT2D eigenvalue weighted by molar-refractivity contribution is -0.870. The van der Waals surface area contributed by atoms with Gasteiger partial charge in [0, 0.05) is 13.0 Å². The lowest BCUT2D eigenvalue weighted by Gasteiger charge is -2.28. The summed E-state index contributed by atoms with van der Waals surface area (Å²) in [6, 6.07) is 0. The van der Waals surface area contributed by atoms with Crippen LogP contribution in [0.15, 0.2) is 12.2 Å². The molecule has 0 rings (SSSR count). The lowest BCUT2D eigenvalue weighted by Crippen LogP contribution is -2.37. The fourth-order valence-electron chi connectivity index (χ4n) is 7.01. The molecule has 0 bridgehead atoms. The Balaban J connectivity index is 4.14. The minimum Gasteiger partial charge on any atom is -0.756 e. The largest absolute Gasteiger partial charge is 0.756 e. The van der Waals surface area contributed by atoms with Crippen LogP contribution in [0.3, 0.4) is 0 Å². The van der Waals surface area contributed by atoms with Gasteiger partial charge in [-0.15, -0.1) is 0 Å². The molecule has 0 saturated carbocycles. The molecule has 0 heterocycles. The van der Waals surface area contributed by atoms with Gasteiger partial charge in [-0.05, 0) is 38.5 Å². The maximum Gasteiger partial charge on any atom is 0.306 e. The van der Waals surface area contributed by atoms with Crippen LogP contribution < -0.4 is 4.89 Å². The molecule has 0 spiro atoms. The van der Waals surface area contributed by atoms with Gasteiger partial charge >= 0.3 is 5.97 Å². The highest BCUT2D eigenvalue weighted by Crippen LogP contribution is 2.38. The summed E-state index contributed by atoms with van der Waals surface area (Å²) < 4.78 is 34.7. The molecule has 0 aromatic rings. The third-order valence-corrected chi connectivity index (χ3v) is 11.8.